The van der Waals surface area contributed by atoms with Crippen LogP contribution < -0.4 is 5.43 Å². The van der Waals surface area contributed by atoms with Crippen LogP contribution >= 0.6 is 0 Å². The molecule has 114 valence electrons. The van der Waals surface area contributed by atoms with Crippen molar-refractivity contribution in [3.63, 3.8) is 0 Å². The van der Waals surface area contributed by atoms with Crippen molar-refractivity contribution in [2.24, 2.45) is 0 Å². The van der Waals surface area contributed by atoms with E-state index in [4.69, 9.17) is 4.74 Å². The molecule has 0 saturated carbocycles. The van der Waals surface area contributed by atoms with Crippen LogP contribution in [0.2, 0.25) is 0 Å². The summed E-state index contributed by atoms with van der Waals surface area (Å²) in [5.41, 5.74) is 1.14. The van der Waals surface area contributed by atoms with E-state index in [0.717, 1.165) is 18.4 Å². The molecule has 1 aromatic heterocycles. The fraction of sp³-hybridized carbons (Fsp3) is 0.312. The molecule has 1 amide bonds. The quantitative estimate of drug-likeness (QED) is 0.943. The summed E-state index contributed by atoms with van der Waals surface area (Å²) in [6, 6.07) is 10.6. The predicted octanol–water partition coefficient (Wildman–Crippen LogP) is 2.24. The van der Waals surface area contributed by atoms with E-state index in [1.165, 1.54) is 12.3 Å². The summed E-state index contributed by atoms with van der Waals surface area (Å²) in [5, 5.41) is 6.69. The van der Waals surface area contributed by atoms with Gasteiger partial charge < -0.3 is 4.74 Å². The summed E-state index contributed by atoms with van der Waals surface area (Å²) in [7, 11) is 0. The van der Waals surface area contributed by atoms with Gasteiger partial charge in [0.1, 0.15) is 12.3 Å². The first-order valence-electron chi connectivity index (χ1n) is 7.27. The molecule has 2 heterocycles. The highest BCUT2D eigenvalue weighted by Crippen LogP contribution is 2.29. The summed E-state index contributed by atoms with van der Waals surface area (Å²) >= 11 is 0. The van der Waals surface area contributed by atoms with Crippen molar-refractivity contribution in [2.45, 2.75) is 25.5 Å². The van der Waals surface area contributed by atoms with Crippen molar-refractivity contribution < 1.29 is 9.53 Å². The second kappa shape index (κ2) is 6.43. The number of amides is 1. The summed E-state index contributed by atoms with van der Waals surface area (Å²) in [6.45, 7) is 0.801. The summed E-state index contributed by atoms with van der Waals surface area (Å²) in [6.07, 6.45) is 2.64. The molecular formula is C16H17N3O3. The Morgan fingerprint density at radius 3 is 2.91 bits per heavy atom. The third-order valence-electron chi connectivity index (χ3n) is 3.75. The zero-order valence-electron chi connectivity index (χ0n) is 12.1. The maximum Gasteiger partial charge on any atom is 0.410 e. The lowest BCUT2D eigenvalue weighted by Gasteiger charge is -2.22. The molecule has 6 nitrogen and oxygen atoms in total. The smallest absolute Gasteiger partial charge is 0.410 e. The highest BCUT2D eigenvalue weighted by atomic mass is 16.6. The lowest BCUT2D eigenvalue weighted by atomic mass is 10.1. The molecule has 1 atom stereocenters. The summed E-state index contributed by atoms with van der Waals surface area (Å²) in [4.78, 5) is 25.8. The van der Waals surface area contributed by atoms with Gasteiger partial charge in [0.25, 0.3) is 0 Å². The third-order valence-corrected chi connectivity index (χ3v) is 3.75. The number of nitrogens with one attached hydrogen (secondary N) is 1. The Morgan fingerprint density at radius 1 is 1.32 bits per heavy atom. The van der Waals surface area contributed by atoms with E-state index >= 15 is 0 Å². The number of carbonyl (C=O) groups excluding carboxylic acids is 1. The van der Waals surface area contributed by atoms with E-state index in [2.05, 4.69) is 10.2 Å². The highest BCUT2D eigenvalue weighted by molar-refractivity contribution is 5.68. The summed E-state index contributed by atoms with van der Waals surface area (Å²) in [5.74, 6) is 0. The van der Waals surface area contributed by atoms with Crippen molar-refractivity contribution in [3.8, 4) is 0 Å². The fourth-order valence-electron chi connectivity index (χ4n) is 2.67. The van der Waals surface area contributed by atoms with Gasteiger partial charge in [-0.1, -0.05) is 30.3 Å². The van der Waals surface area contributed by atoms with Crippen molar-refractivity contribution in [1.29, 1.82) is 0 Å². The number of benzene rings is 1. The average Bonchev–Trinajstić information content (AvgIpc) is 3.03. The molecule has 1 aliphatic heterocycles. The molecule has 0 radical (unpaired) electrons. The van der Waals surface area contributed by atoms with E-state index < -0.39 is 6.09 Å². The zero-order chi connectivity index (χ0) is 15.4. The molecule has 1 aliphatic rings. The molecule has 1 N–H and O–H groups in total. The van der Waals surface area contributed by atoms with E-state index in [0.29, 0.717) is 12.2 Å². The van der Waals surface area contributed by atoms with Crippen LogP contribution in [-0.4, -0.2) is 27.7 Å². The number of H-pyrrole nitrogens is 1. The number of rotatable bonds is 3. The monoisotopic (exact) mass is 299 g/mol. The Hall–Kier alpha value is -2.63. The molecule has 22 heavy (non-hydrogen) atoms. The van der Waals surface area contributed by atoms with Crippen molar-refractivity contribution in [1.82, 2.24) is 15.1 Å². The summed E-state index contributed by atoms with van der Waals surface area (Å²) < 4.78 is 5.35. The van der Waals surface area contributed by atoms with Gasteiger partial charge in [-0.05, 0) is 18.4 Å². The van der Waals surface area contributed by atoms with Gasteiger partial charge in [0.05, 0.1) is 6.04 Å². The molecule has 1 saturated heterocycles. The maximum atomic E-state index is 12.3. The minimum Gasteiger partial charge on any atom is -0.445 e. The minimum absolute atomic E-state index is 0.161. The molecule has 3 rings (SSSR count). The van der Waals surface area contributed by atoms with Gasteiger partial charge in [0, 0.05) is 18.8 Å². The number of nitrogens with zero attached hydrogens (tertiary/aromatic N) is 2. The standard InChI is InChI=1S/C16H17N3O3/c20-14-8-9-17-18-15(14)13-7-4-10-19(13)16(21)22-11-12-5-2-1-3-6-12/h1-3,5-6,8-9,13H,4,7,10-11H2,(H,17,20)/t13-/m0/s1. The van der Waals surface area contributed by atoms with Gasteiger partial charge in [-0.3, -0.25) is 14.8 Å². The second-order valence-corrected chi connectivity index (χ2v) is 5.22. The molecule has 0 aliphatic carbocycles. The van der Waals surface area contributed by atoms with Crippen LogP contribution in [0, 0.1) is 0 Å². The first-order chi connectivity index (χ1) is 10.8. The number of hydrogen-bond donors (Lipinski definition) is 1. The normalized spacial score (nSPS) is 17.5. The number of hydrogen-bond acceptors (Lipinski definition) is 4. The molecule has 2 aromatic rings. The third kappa shape index (κ3) is 3.00. The van der Waals surface area contributed by atoms with Crippen LogP contribution in [0.25, 0.3) is 0 Å². The van der Waals surface area contributed by atoms with Crippen molar-refractivity contribution in [2.75, 3.05) is 6.54 Å². The minimum atomic E-state index is -0.406. The molecule has 1 aromatic carbocycles. The number of aromatic nitrogens is 2. The Kier molecular flexibility index (Phi) is 4.18. The molecule has 0 unspecified atom stereocenters. The van der Waals surface area contributed by atoms with Gasteiger partial charge in [-0.25, -0.2) is 4.79 Å². The molecule has 0 bridgehead atoms. The number of ether oxygens (including phenoxy) is 1. The first-order valence-corrected chi connectivity index (χ1v) is 7.27. The van der Waals surface area contributed by atoms with Crippen LogP contribution in [0.15, 0.2) is 47.4 Å². The van der Waals surface area contributed by atoms with Gasteiger partial charge in [0.15, 0.2) is 0 Å². The Balaban J connectivity index is 1.69. The number of likely N-dealkylation sites (tertiary alicyclic amines) is 1. The number of aromatic amines is 1. The average molecular weight is 299 g/mol. The van der Waals surface area contributed by atoms with Gasteiger partial charge in [-0.2, -0.15) is 5.10 Å². The van der Waals surface area contributed by atoms with Crippen molar-refractivity contribution >= 4 is 6.09 Å². The van der Waals surface area contributed by atoms with E-state index in [1.54, 1.807) is 4.90 Å². The highest BCUT2D eigenvalue weighted by Gasteiger charge is 2.33. The Bertz CT molecular complexity index is 699. The lowest BCUT2D eigenvalue weighted by molar-refractivity contribution is 0.0912. The Morgan fingerprint density at radius 2 is 2.14 bits per heavy atom. The van der Waals surface area contributed by atoms with E-state index in [9.17, 15) is 9.59 Å². The topological polar surface area (TPSA) is 75.3 Å². The lowest BCUT2D eigenvalue weighted by Crippen LogP contribution is -2.34. The van der Waals surface area contributed by atoms with Crippen LogP contribution in [0.1, 0.15) is 30.1 Å². The van der Waals surface area contributed by atoms with E-state index in [-0.39, 0.29) is 18.1 Å². The molecule has 6 heteroatoms. The largest absolute Gasteiger partial charge is 0.445 e. The zero-order valence-corrected chi connectivity index (χ0v) is 12.1. The van der Waals surface area contributed by atoms with Gasteiger partial charge in [-0.15, -0.1) is 0 Å². The SMILES string of the molecule is O=C(OCc1ccccc1)N1CCC[C@H]1c1n[nH]ccc1=O. The number of carbonyl (C=O) groups is 1. The maximum absolute atomic E-state index is 12.3. The molecular weight excluding hydrogens is 282 g/mol. The Labute approximate surface area is 127 Å². The van der Waals surface area contributed by atoms with Gasteiger partial charge in [0.2, 0.25) is 5.43 Å². The van der Waals surface area contributed by atoms with E-state index in [1.807, 2.05) is 30.3 Å². The van der Waals surface area contributed by atoms with Gasteiger partial charge >= 0.3 is 6.09 Å². The second-order valence-electron chi connectivity index (χ2n) is 5.22. The van der Waals surface area contributed by atoms with Crippen LogP contribution in [0.4, 0.5) is 4.79 Å². The first kappa shape index (κ1) is 14.3. The van der Waals surface area contributed by atoms with Crippen LogP contribution in [0.5, 0.6) is 0 Å². The predicted molar refractivity (Wildman–Crippen MR) is 80.2 cm³/mol. The van der Waals surface area contributed by atoms with Crippen LogP contribution in [-0.2, 0) is 11.3 Å². The van der Waals surface area contributed by atoms with Crippen LogP contribution in [0.3, 0.4) is 0 Å². The molecule has 0 spiro atoms. The molecule has 1 fully saturated rings. The fourth-order valence-corrected chi connectivity index (χ4v) is 2.67. The van der Waals surface area contributed by atoms with Crippen molar-refractivity contribution in [3.05, 3.63) is 64.1 Å².